The number of benzene rings is 4. The molecule has 4 aromatic carbocycles. The van der Waals surface area contributed by atoms with Crippen LogP contribution >= 0.6 is 19.0 Å². The van der Waals surface area contributed by atoms with Crippen molar-refractivity contribution in [1.29, 1.82) is 0 Å². The zero-order valence-corrected chi connectivity index (χ0v) is 26.2. The molecule has 0 spiro atoms. The molecule has 11 heteroatoms. The molecule has 3 atom stereocenters. The zero-order chi connectivity index (χ0) is 32.4. The number of ether oxygens (including phenoxy) is 1. The lowest BCUT2D eigenvalue weighted by atomic mass is 9.98. The van der Waals surface area contributed by atoms with Crippen LogP contribution in [0.15, 0.2) is 109 Å². The third-order valence-electron chi connectivity index (χ3n) is 7.17. The minimum Gasteiger partial charge on any atom is -0.480 e. The van der Waals surface area contributed by atoms with Gasteiger partial charge in [0.2, 0.25) is 13.3 Å². The lowest BCUT2D eigenvalue weighted by molar-refractivity contribution is -0.140. The fourth-order valence-electron chi connectivity index (χ4n) is 4.80. The van der Waals surface area contributed by atoms with Crippen LogP contribution in [0.5, 0.6) is 0 Å². The Kier molecular flexibility index (Phi) is 11.5. The predicted molar refractivity (Wildman–Crippen MR) is 174 cm³/mol. The van der Waals surface area contributed by atoms with Crippen LogP contribution in [0.3, 0.4) is 0 Å². The number of anilines is 1. The predicted octanol–water partition coefficient (Wildman–Crippen LogP) is 6.83. The van der Waals surface area contributed by atoms with Gasteiger partial charge in [0.1, 0.15) is 12.6 Å². The third-order valence-corrected chi connectivity index (χ3v) is 9.08. The molecule has 0 radical (unpaired) electrons. The van der Waals surface area contributed by atoms with Gasteiger partial charge in [0.05, 0.1) is 12.2 Å². The average Bonchev–Trinajstić information content (AvgIpc) is 3.04. The van der Waals surface area contributed by atoms with Gasteiger partial charge < -0.3 is 20.1 Å². The molecule has 4 aromatic rings. The van der Waals surface area contributed by atoms with E-state index in [9.17, 15) is 28.9 Å². The van der Waals surface area contributed by atoms with Crippen molar-refractivity contribution >= 4 is 42.6 Å². The Morgan fingerprint density at radius 3 is 2.02 bits per heavy atom. The standard InChI is InChI=1S/C34H34ClN2O7P/c1-24(33(39)40)37(31-18-14-28(15-19-31)27-10-6-3-7-11-27)32(38)29(20-25-12-16-30(35)17-13-25)22-45(42,43)23-36-34(41)44-21-26-8-4-2-5-9-26/h2-19,24,29H,20-23H2,1H3,(H,36,41)(H,39,40)(H,42,43)/t24-,29?/m0/s1. The van der Waals surface area contributed by atoms with Crippen LogP contribution in [-0.4, -0.2) is 46.5 Å². The first kappa shape index (κ1) is 33.5. The molecule has 0 aliphatic carbocycles. The fourth-order valence-corrected chi connectivity index (χ4v) is 6.41. The van der Waals surface area contributed by atoms with E-state index in [1.807, 2.05) is 36.4 Å². The van der Waals surface area contributed by atoms with E-state index in [0.717, 1.165) is 21.6 Å². The van der Waals surface area contributed by atoms with E-state index in [2.05, 4.69) is 5.32 Å². The maximum absolute atomic E-state index is 14.2. The number of nitrogens with one attached hydrogen (secondary N) is 1. The summed E-state index contributed by atoms with van der Waals surface area (Å²) >= 11 is 6.04. The summed E-state index contributed by atoms with van der Waals surface area (Å²) in [5.74, 6) is -3.00. The van der Waals surface area contributed by atoms with Crippen LogP contribution in [0.25, 0.3) is 11.1 Å². The van der Waals surface area contributed by atoms with Gasteiger partial charge in [-0.05, 0) is 59.9 Å². The number of amides is 2. The first-order chi connectivity index (χ1) is 21.5. The highest BCUT2D eigenvalue weighted by Crippen LogP contribution is 2.43. The molecule has 0 saturated heterocycles. The van der Waals surface area contributed by atoms with Crippen LogP contribution in [-0.2, 0) is 31.9 Å². The molecule has 3 N–H and O–H groups in total. The van der Waals surface area contributed by atoms with Crippen molar-refractivity contribution in [2.75, 3.05) is 17.3 Å². The summed E-state index contributed by atoms with van der Waals surface area (Å²) in [6.45, 7) is 1.36. The minimum absolute atomic E-state index is 0.0226. The minimum atomic E-state index is -4.16. The topological polar surface area (TPSA) is 133 Å². The van der Waals surface area contributed by atoms with Crippen molar-refractivity contribution in [2.45, 2.75) is 26.0 Å². The number of carboxylic acids is 1. The van der Waals surface area contributed by atoms with Crippen LogP contribution < -0.4 is 10.2 Å². The van der Waals surface area contributed by atoms with Gasteiger partial charge in [-0.15, -0.1) is 0 Å². The number of halogens is 1. The van der Waals surface area contributed by atoms with E-state index in [0.29, 0.717) is 16.3 Å². The summed E-state index contributed by atoms with van der Waals surface area (Å²) in [5, 5.41) is 12.7. The molecule has 4 rings (SSSR count). The van der Waals surface area contributed by atoms with Crippen molar-refractivity contribution in [1.82, 2.24) is 5.32 Å². The lowest BCUT2D eigenvalue weighted by Crippen LogP contribution is -2.47. The molecule has 0 aliphatic heterocycles. The second-order valence-electron chi connectivity index (χ2n) is 10.6. The molecule has 9 nitrogen and oxygen atoms in total. The Balaban J connectivity index is 1.56. The number of aliphatic carboxylic acids is 1. The number of carbonyl (C=O) groups excluding carboxylic acids is 2. The van der Waals surface area contributed by atoms with Gasteiger partial charge in [-0.25, -0.2) is 9.59 Å². The number of alkyl carbamates (subject to hydrolysis) is 1. The Bertz CT molecular complexity index is 1640. The number of hydrogen-bond donors (Lipinski definition) is 3. The molecule has 0 aromatic heterocycles. The highest BCUT2D eigenvalue weighted by Gasteiger charge is 2.36. The van der Waals surface area contributed by atoms with Gasteiger partial charge in [-0.3, -0.25) is 14.3 Å². The van der Waals surface area contributed by atoms with Crippen LogP contribution in [0, 0.1) is 5.92 Å². The summed E-state index contributed by atoms with van der Waals surface area (Å²) in [7, 11) is -4.16. The van der Waals surface area contributed by atoms with Gasteiger partial charge in [0.15, 0.2) is 0 Å². The normalized spacial score (nSPS) is 13.6. The number of rotatable bonds is 13. The number of carboxylic acid groups (broad SMARTS) is 1. The highest BCUT2D eigenvalue weighted by molar-refractivity contribution is 7.58. The number of hydrogen-bond acceptors (Lipinski definition) is 5. The maximum Gasteiger partial charge on any atom is 0.407 e. The first-order valence-corrected chi connectivity index (χ1v) is 16.6. The van der Waals surface area contributed by atoms with Crippen LogP contribution in [0.4, 0.5) is 10.5 Å². The SMILES string of the molecule is C[C@@H](C(=O)O)N(C(=O)C(Cc1ccc(Cl)cc1)CP(=O)(O)CNC(=O)OCc1ccccc1)c1ccc(-c2ccccc2)cc1. The summed E-state index contributed by atoms with van der Waals surface area (Å²) in [4.78, 5) is 50.7. The van der Waals surface area contributed by atoms with Gasteiger partial charge >= 0.3 is 12.1 Å². The summed E-state index contributed by atoms with van der Waals surface area (Å²) in [6, 6.07) is 30.8. The van der Waals surface area contributed by atoms with Crippen molar-refractivity contribution < 1.29 is 33.7 Å². The third kappa shape index (κ3) is 9.78. The zero-order valence-electron chi connectivity index (χ0n) is 24.6. The van der Waals surface area contributed by atoms with Crippen LogP contribution in [0.2, 0.25) is 5.02 Å². The monoisotopic (exact) mass is 648 g/mol. The van der Waals surface area contributed by atoms with E-state index in [1.165, 1.54) is 6.92 Å². The molecule has 2 unspecified atom stereocenters. The number of nitrogens with zero attached hydrogens (tertiary/aromatic N) is 1. The largest absolute Gasteiger partial charge is 0.480 e. The molecular weight excluding hydrogens is 615 g/mol. The van der Waals surface area contributed by atoms with Gasteiger partial charge in [-0.1, -0.05) is 96.5 Å². The average molecular weight is 649 g/mol. The fraction of sp³-hybridized carbons (Fsp3) is 0.206. The summed E-state index contributed by atoms with van der Waals surface area (Å²) in [5.41, 5.74) is 3.56. The Hall–Kier alpha value is -4.43. The van der Waals surface area contributed by atoms with E-state index in [4.69, 9.17) is 16.3 Å². The summed E-state index contributed by atoms with van der Waals surface area (Å²) < 4.78 is 18.5. The van der Waals surface area contributed by atoms with E-state index in [-0.39, 0.29) is 13.0 Å². The molecule has 45 heavy (non-hydrogen) atoms. The molecule has 2 amide bonds. The molecule has 0 saturated carbocycles. The quantitative estimate of drug-likeness (QED) is 0.135. The van der Waals surface area contributed by atoms with Gasteiger partial charge in [0, 0.05) is 16.9 Å². The van der Waals surface area contributed by atoms with E-state index < -0.39 is 49.7 Å². The Morgan fingerprint density at radius 2 is 1.42 bits per heavy atom. The van der Waals surface area contributed by atoms with E-state index in [1.54, 1.807) is 72.8 Å². The second kappa shape index (κ2) is 15.5. The number of carbonyl (C=O) groups is 3. The Morgan fingerprint density at radius 1 is 0.844 bits per heavy atom. The highest BCUT2D eigenvalue weighted by atomic mass is 35.5. The van der Waals surface area contributed by atoms with Crippen molar-refractivity contribution in [3.63, 3.8) is 0 Å². The van der Waals surface area contributed by atoms with Crippen LogP contribution in [0.1, 0.15) is 18.1 Å². The molecule has 0 aliphatic rings. The van der Waals surface area contributed by atoms with Crippen molar-refractivity contribution in [3.8, 4) is 11.1 Å². The second-order valence-corrected chi connectivity index (χ2v) is 13.4. The van der Waals surface area contributed by atoms with Gasteiger partial charge in [0.25, 0.3) is 0 Å². The first-order valence-electron chi connectivity index (χ1n) is 14.2. The molecule has 0 bridgehead atoms. The summed E-state index contributed by atoms with van der Waals surface area (Å²) in [6.07, 6.45) is -2.00. The molecular formula is C34H34ClN2O7P. The molecule has 0 fully saturated rings. The van der Waals surface area contributed by atoms with E-state index >= 15 is 0 Å². The molecule has 234 valence electrons. The smallest absolute Gasteiger partial charge is 0.407 e. The Labute approximate surface area is 266 Å². The molecule has 0 heterocycles. The lowest BCUT2D eigenvalue weighted by Gasteiger charge is -2.31. The van der Waals surface area contributed by atoms with Gasteiger partial charge in [-0.2, -0.15) is 0 Å². The maximum atomic E-state index is 14.2. The van der Waals surface area contributed by atoms with Crippen molar-refractivity contribution in [2.24, 2.45) is 5.92 Å². The van der Waals surface area contributed by atoms with Crippen molar-refractivity contribution in [3.05, 3.63) is 125 Å².